The van der Waals surface area contributed by atoms with Gasteiger partial charge >= 0.3 is 0 Å². The van der Waals surface area contributed by atoms with E-state index in [0.717, 1.165) is 13.0 Å². The van der Waals surface area contributed by atoms with Crippen LogP contribution in [0.4, 0.5) is 0 Å². The van der Waals surface area contributed by atoms with Gasteiger partial charge in [0.1, 0.15) is 5.60 Å². The molecule has 1 aliphatic heterocycles. The minimum absolute atomic E-state index is 0.116. The number of benzene rings is 3. The van der Waals surface area contributed by atoms with Gasteiger partial charge in [0, 0.05) is 6.42 Å². The quantitative estimate of drug-likeness (QED) is 0.534. The Morgan fingerprint density at radius 2 is 1.70 bits per heavy atom. The van der Waals surface area contributed by atoms with E-state index >= 15 is 0 Å². The maximum atomic E-state index is 5.86. The van der Waals surface area contributed by atoms with Crippen LogP contribution < -0.4 is 0 Å². The number of rotatable bonds is 0. The second-order valence-electron chi connectivity index (χ2n) is 5.73. The van der Waals surface area contributed by atoms with Crippen molar-refractivity contribution in [1.82, 2.24) is 0 Å². The van der Waals surface area contributed by atoms with Gasteiger partial charge in [-0.15, -0.1) is 0 Å². The van der Waals surface area contributed by atoms with Gasteiger partial charge in [0.2, 0.25) is 0 Å². The Labute approximate surface area is 117 Å². The Hall–Kier alpha value is -2.12. The lowest BCUT2D eigenvalue weighted by atomic mass is 9.86. The molecule has 1 heterocycles. The van der Waals surface area contributed by atoms with Crippen LogP contribution in [-0.4, -0.2) is 6.61 Å². The molecule has 5 rings (SSSR count). The molecule has 1 nitrogen and oxygen atoms in total. The van der Waals surface area contributed by atoms with Gasteiger partial charge in [0.15, 0.2) is 0 Å². The Balaban J connectivity index is 1.90. The predicted octanol–water partition coefficient (Wildman–Crippen LogP) is 4.64. The number of fused-ring (bicyclic) bond motifs is 6. The second kappa shape index (κ2) is 3.50. The largest absolute Gasteiger partial charge is 0.366 e. The van der Waals surface area contributed by atoms with Crippen LogP contribution >= 0.6 is 0 Å². The van der Waals surface area contributed by atoms with Gasteiger partial charge in [-0.1, -0.05) is 54.6 Å². The summed E-state index contributed by atoms with van der Waals surface area (Å²) < 4.78 is 5.86. The van der Waals surface area contributed by atoms with E-state index in [2.05, 4.69) is 60.7 Å². The van der Waals surface area contributed by atoms with Crippen molar-refractivity contribution < 1.29 is 4.74 Å². The molecule has 0 amide bonds. The molecule has 0 N–H and O–H groups in total. The van der Waals surface area contributed by atoms with E-state index < -0.39 is 0 Å². The Kier molecular flexibility index (Phi) is 1.86. The molecule has 0 unspecified atom stereocenters. The molecule has 0 radical (unpaired) electrons. The van der Waals surface area contributed by atoms with E-state index in [1.807, 2.05) is 0 Å². The van der Waals surface area contributed by atoms with Gasteiger partial charge in [0.25, 0.3) is 0 Å². The summed E-state index contributed by atoms with van der Waals surface area (Å²) in [5.41, 5.74) is 2.56. The molecule has 0 bridgehead atoms. The highest BCUT2D eigenvalue weighted by Gasteiger charge is 2.42. The summed E-state index contributed by atoms with van der Waals surface area (Å²) in [5.74, 6) is 0. The van der Waals surface area contributed by atoms with Crippen LogP contribution in [0.3, 0.4) is 0 Å². The number of hydrogen-bond acceptors (Lipinski definition) is 1. The van der Waals surface area contributed by atoms with E-state index in [9.17, 15) is 0 Å². The van der Waals surface area contributed by atoms with Crippen LogP contribution in [0, 0.1) is 0 Å². The zero-order chi connectivity index (χ0) is 13.2. The molecule has 1 fully saturated rings. The first kappa shape index (κ1) is 10.6. The molecule has 0 aromatic heterocycles. The van der Waals surface area contributed by atoms with E-state index in [0.29, 0.717) is 0 Å². The average Bonchev–Trinajstić information content (AvgIpc) is 2.86. The molecule has 1 spiro atoms. The molecular weight excluding hydrogens is 244 g/mol. The summed E-state index contributed by atoms with van der Waals surface area (Å²) in [6, 6.07) is 17.6. The van der Waals surface area contributed by atoms with Crippen molar-refractivity contribution in [3.63, 3.8) is 0 Å². The molecule has 20 heavy (non-hydrogen) atoms. The lowest BCUT2D eigenvalue weighted by molar-refractivity contribution is -0.116. The Morgan fingerprint density at radius 1 is 0.850 bits per heavy atom. The molecular formula is C19H14O. The van der Waals surface area contributed by atoms with Gasteiger partial charge < -0.3 is 4.74 Å². The molecule has 0 saturated carbocycles. The van der Waals surface area contributed by atoms with Gasteiger partial charge in [-0.25, -0.2) is 0 Å². The summed E-state index contributed by atoms with van der Waals surface area (Å²) in [7, 11) is 0. The second-order valence-corrected chi connectivity index (χ2v) is 5.73. The number of hydrogen-bond donors (Lipinski definition) is 0. The van der Waals surface area contributed by atoms with Gasteiger partial charge in [-0.2, -0.15) is 0 Å². The lowest BCUT2D eigenvalue weighted by Gasteiger charge is -2.38. The zero-order valence-electron chi connectivity index (χ0n) is 11.1. The Morgan fingerprint density at radius 3 is 2.55 bits per heavy atom. The summed E-state index contributed by atoms with van der Waals surface area (Å²) in [6.45, 7) is 0.875. The number of ether oxygens (including phenoxy) is 1. The summed E-state index contributed by atoms with van der Waals surface area (Å²) in [5, 5.41) is 5.31. The van der Waals surface area contributed by atoms with Crippen molar-refractivity contribution in [3.05, 3.63) is 65.7 Å². The first-order valence-electron chi connectivity index (χ1n) is 7.16. The van der Waals surface area contributed by atoms with Gasteiger partial charge in [-0.3, -0.25) is 0 Å². The van der Waals surface area contributed by atoms with Crippen molar-refractivity contribution >= 4 is 27.6 Å². The highest BCUT2D eigenvalue weighted by atomic mass is 16.5. The normalized spacial score (nSPS) is 23.4. The smallest absolute Gasteiger partial charge is 0.114 e. The fourth-order valence-corrected chi connectivity index (χ4v) is 3.63. The monoisotopic (exact) mass is 258 g/mol. The molecule has 2 aliphatic rings. The lowest BCUT2D eigenvalue weighted by Crippen LogP contribution is -2.37. The fraction of sp³-hybridized carbons (Fsp3) is 0.158. The van der Waals surface area contributed by atoms with E-state index in [-0.39, 0.29) is 5.60 Å². The van der Waals surface area contributed by atoms with Crippen LogP contribution in [0.25, 0.3) is 27.6 Å². The summed E-state index contributed by atoms with van der Waals surface area (Å²) >= 11 is 0. The summed E-state index contributed by atoms with van der Waals surface area (Å²) in [6.07, 6.45) is 5.58. The minimum atomic E-state index is -0.116. The standard InChI is InChI=1S/C19H14O/c1-2-4-14-13(3-1)5-6-16-15(14)7-8-18-17(16)9-10-19(18)11-12-20-19/h1-10H,11-12H2/t19-/m1/s1. The van der Waals surface area contributed by atoms with Crippen molar-refractivity contribution in [2.75, 3.05) is 6.61 Å². The van der Waals surface area contributed by atoms with Crippen molar-refractivity contribution in [2.45, 2.75) is 12.0 Å². The van der Waals surface area contributed by atoms with Crippen molar-refractivity contribution in [2.24, 2.45) is 0 Å². The predicted molar refractivity (Wildman–Crippen MR) is 82.7 cm³/mol. The van der Waals surface area contributed by atoms with Gasteiger partial charge in [0.05, 0.1) is 6.61 Å². The average molecular weight is 258 g/mol. The van der Waals surface area contributed by atoms with Gasteiger partial charge in [-0.05, 0) is 38.7 Å². The minimum Gasteiger partial charge on any atom is -0.366 e. The van der Waals surface area contributed by atoms with E-state index in [4.69, 9.17) is 4.74 Å². The third-order valence-corrected chi connectivity index (χ3v) is 4.78. The molecule has 1 atom stereocenters. The third kappa shape index (κ3) is 1.17. The van der Waals surface area contributed by atoms with Crippen LogP contribution in [0.5, 0.6) is 0 Å². The highest BCUT2D eigenvalue weighted by molar-refractivity contribution is 6.10. The Bertz CT molecular complexity index is 885. The first-order chi connectivity index (χ1) is 9.87. The molecule has 3 aromatic rings. The van der Waals surface area contributed by atoms with Crippen LogP contribution in [0.15, 0.2) is 54.6 Å². The molecule has 3 aromatic carbocycles. The maximum absolute atomic E-state index is 5.86. The van der Waals surface area contributed by atoms with Crippen LogP contribution in [-0.2, 0) is 10.3 Å². The fourth-order valence-electron chi connectivity index (χ4n) is 3.63. The topological polar surface area (TPSA) is 9.23 Å². The molecule has 96 valence electrons. The van der Waals surface area contributed by atoms with Crippen LogP contribution in [0.2, 0.25) is 0 Å². The van der Waals surface area contributed by atoms with E-state index in [1.54, 1.807) is 0 Å². The zero-order valence-corrected chi connectivity index (χ0v) is 11.1. The highest BCUT2D eigenvalue weighted by Crippen LogP contribution is 2.47. The molecule has 1 aliphatic carbocycles. The third-order valence-electron chi connectivity index (χ3n) is 4.78. The first-order valence-corrected chi connectivity index (χ1v) is 7.16. The van der Waals surface area contributed by atoms with Crippen molar-refractivity contribution in [1.29, 1.82) is 0 Å². The molecule has 1 saturated heterocycles. The molecule has 1 heteroatoms. The van der Waals surface area contributed by atoms with E-state index in [1.165, 1.54) is 32.7 Å². The SMILES string of the molecule is C1=C[C@@]2(CCO2)c2ccc3c(ccc4ccccc43)c21. The maximum Gasteiger partial charge on any atom is 0.114 e. The van der Waals surface area contributed by atoms with Crippen molar-refractivity contribution in [3.8, 4) is 0 Å². The van der Waals surface area contributed by atoms with Crippen LogP contribution in [0.1, 0.15) is 17.5 Å². The summed E-state index contributed by atoms with van der Waals surface area (Å²) in [4.78, 5) is 0.